The molecule has 122 valence electrons. The summed E-state index contributed by atoms with van der Waals surface area (Å²) in [5.74, 6) is -1.55. The number of aromatic nitrogens is 1. The standard InChI is InChI=1S/C16H20N4O3/c1-11(21)17-8-9-19-16(23)15(22)18-7-6-12-10-20-14-5-3-2-4-13(12)14/h2-5,10,20H,6-9H2,1H3,(H,17,21)(H,18,22)(H,19,23). The van der Waals surface area contributed by atoms with Crippen LogP contribution in [0.25, 0.3) is 10.9 Å². The quantitative estimate of drug-likeness (QED) is 0.448. The third-order valence-electron chi connectivity index (χ3n) is 3.35. The first-order valence-corrected chi connectivity index (χ1v) is 7.43. The highest BCUT2D eigenvalue weighted by molar-refractivity contribution is 6.35. The number of hydrogen-bond acceptors (Lipinski definition) is 3. The van der Waals surface area contributed by atoms with Gasteiger partial charge in [-0.1, -0.05) is 18.2 Å². The number of fused-ring (bicyclic) bond motifs is 1. The molecule has 1 heterocycles. The lowest BCUT2D eigenvalue weighted by atomic mass is 10.1. The van der Waals surface area contributed by atoms with E-state index in [9.17, 15) is 14.4 Å². The van der Waals surface area contributed by atoms with Gasteiger partial charge in [0.2, 0.25) is 5.91 Å². The summed E-state index contributed by atoms with van der Waals surface area (Å²) in [4.78, 5) is 37.0. The van der Waals surface area contributed by atoms with Gasteiger partial charge < -0.3 is 20.9 Å². The molecule has 0 aliphatic heterocycles. The predicted molar refractivity (Wildman–Crippen MR) is 86.7 cm³/mol. The average Bonchev–Trinajstić information content (AvgIpc) is 2.94. The number of amides is 3. The molecule has 7 nitrogen and oxygen atoms in total. The van der Waals surface area contributed by atoms with Crippen LogP contribution < -0.4 is 16.0 Å². The molecule has 2 aromatic rings. The van der Waals surface area contributed by atoms with Gasteiger partial charge in [-0.2, -0.15) is 0 Å². The van der Waals surface area contributed by atoms with Crippen LogP contribution in [0.2, 0.25) is 0 Å². The molecule has 0 spiro atoms. The summed E-state index contributed by atoms with van der Waals surface area (Å²) >= 11 is 0. The Morgan fingerprint density at radius 1 is 0.957 bits per heavy atom. The first kappa shape index (κ1) is 16.5. The van der Waals surface area contributed by atoms with Crippen LogP contribution in [0, 0.1) is 0 Å². The Labute approximate surface area is 133 Å². The van der Waals surface area contributed by atoms with Crippen molar-refractivity contribution in [1.29, 1.82) is 0 Å². The second kappa shape index (κ2) is 7.98. The zero-order valence-corrected chi connectivity index (χ0v) is 12.9. The number of H-pyrrole nitrogens is 1. The van der Waals surface area contributed by atoms with E-state index in [-0.39, 0.29) is 12.5 Å². The molecule has 0 atom stereocenters. The van der Waals surface area contributed by atoms with E-state index >= 15 is 0 Å². The van der Waals surface area contributed by atoms with Crippen molar-refractivity contribution in [2.24, 2.45) is 0 Å². The zero-order valence-electron chi connectivity index (χ0n) is 12.9. The van der Waals surface area contributed by atoms with E-state index in [0.717, 1.165) is 16.5 Å². The van der Waals surface area contributed by atoms with Gasteiger partial charge in [0.15, 0.2) is 0 Å². The van der Waals surface area contributed by atoms with Crippen LogP contribution in [0.15, 0.2) is 30.5 Å². The molecule has 1 aromatic carbocycles. The van der Waals surface area contributed by atoms with Gasteiger partial charge in [0.05, 0.1) is 0 Å². The summed E-state index contributed by atoms with van der Waals surface area (Å²) in [5, 5.41) is 8.66. The maximum absolute atomic E-state index is 11.6. The van der Waals surface area contributed by atoms with Crippen molar-refractivity contribution >= 4 is 28.6 Å². The maximum atomic E-state index is 11.6. The van der Waals surface area contributed by atoms with Crippen LogP contribution in [-0.2, 0) is 20.8 Å². The molecule has 3 amide bonds. The molecule has 23 heavy (non-hydrogen) atoms. The van der Waals surface area contributed by atoms with Gasteiger partial charge in [-0.15, -0.1) is 0 Å². The minimum atomic E-state index is -0.700. The zero-order chi connectivity index (χ0) is 16.7. The smallest absolute Gasteiger partial charge is 0.309 e. The molecule has 0 saturated heterocycles. The number of aromatic amines is 1. The van der Waals surface area contributed by atoms with Crippen LogP contribution in [0.4, 0.5) is 0 Å². The minimum Gasteiger partial charge on any atom is -0.361 e. The van der Waals surface area contributed by atoms with Gasteiger partial charge in [-0.05, 0) is 18.1 Å². The Balaban J connectivity index is 1.72. The lowest BCUT2D eigenvalue weighted by Crippen LogP contribution is -2.43. The van der Waals surface area contributed by atoms with Crippen molar-refractivity contribution in [3.8, 4) is 0 Å². The Morgan fingerprint density at radius 3 is 2.35 bits per heavy atom. The summed E-state index contributed by atoms with van der Waals surface area (Å²) < 4.78 is 0. The molecule has 0 saturated carbocycles. The van der Waals surface area contributed by atoms with Crippen LogP contribution in [0.1, 0.15) is 12.5 Å². The molecule has 0 bridgehead atoms. The number of nitrogens with one attached hydrogen (secondary N) is 4. The van der Waals surface area contributed by atoms with E-state index < -0.39 is 11.8 Å². The van der Waals surface area contributed by atoms with Gasteiger partial charge in [0, 0.05) is 43.7 Å². The Morgan fingerprint density at radius 2 is 1.61 bits per heavy atom. The molecular formula is C16H20N4O3. The highest BCUT2D eigenvalue weighted by Gasteiger charge is 2.12. The van der Waals surface area contributed by atoms with E-state index in [1.165, 1.54) is 6.92 Å². The van der Waals surface area contributed by atoms with Crippen molar-refractivity contribution in [2.75, 3.05) is 19.6 Å². The Bertz CT molecular complexity index is 708. The normalized spacial score (nSPS) is 10.3. The van der Waals surface area contributed by atoms with Gasteiger partial charge in [0.1, 0.15) is 0 Å². The maximum Gasteiger partial charge on any atom is 0.309 e. The van der Waals surface area contributed by atoms with Gasteiger partial charge >= 0.3 is 11.8 Å². The number of benzene rings is 1. The molecule has 0 aliphatic rings. The second-order valence-electron chi connectivity index (χ2n) is 5.10. The molecule has 2 rings (SSSR count). The molecule has 0 unspecified atom stereocenters. The van der Waals surface area contributed by atoms with Gasteiger partial charge in [-0.25, -0.2) is 0 Å². The van der Waals surface area contributed by atoms with Crippen molar-refractivity contribution in [2.45, 2.75) is 13.3 Å². The molecular weight excluding hydrogens is 296 g/mol. The number of para-hydroxylation sites is 1. The molecule has 4 N–H and O–H groups in total. The monoisotopic (exact) mass is 316 g/mol. The fourth-order valence-electron chi connectivity index (χ4n) is 2.22. The van der Waals surface area contributed by atoms with Crippen molar-refractivity contribution in [1.82, 2.24) is 20.9 Å². The fraction of sp³-hybridized carbons (Fsp3) is 0.312. The lowest BCUT2D eigenvalue weighted by molar-refractivity contribution is -0.139. The molecule has 0 fully saturated rings. The highest BCUT2D eigenvalue weighted by atomic mass is 16.2. The molecule has 7 heteroatoms. The molecule has 1 aromatic heterocycles. The summed E-state index contributed by atoms with van der Waals surface area (Å²) in [5.41, 5.74) is 2.14. The van der Waals surface area contributed by atoms with Crippen LogP contribution in [0.3, 0.4) is 0 Å². The topological polar surface area (TPSA) is 103 Å². The van der Waals surface area contributed by atoms with Gasteiger partial charge in [-0.3, -0.25) is 14.4 Å². The van der Waals surface area contributed by atoms with Crippen LogP contribution in [0.5, 0.6) is 0 Å². The minimum absolute atomic E-state index is 0.178. The third kappa shape index (κ3) is 4.84. The van der Waals surface area contributed by atoms with Crippen molar-refractivity contribution in [3.05, 3.63) is 36.0 Å². The molecule has 0 aliphatic carbocycles. The number of carbonyl (C=O) groups excluding carboxylic acids is 3. The Hall–Kier alpha value is -2.83. The van der Waals surface area contributed by atoms with Crippen molar-refractivity contribution in [3.63, 3.8) is 0 Å². The lowest BCUT2D eigenvalue weighted by Gasteiger charge is -2.06. The van der Waals surface area contributed by atoms with Gasteiger partial charge in [0.25, 0.3) is 0 Å². The summed E-state index contributed by atoms with van der Waals surface area (Å²) in [6, 6.07) is 7.91. The fourth-order valence-corrected chi connectivity index (χ4v) is 2.22. The number of carbonyl (C=O) groups is 3. The van der Waals surface area contributed by atoms with E-state index in [4.69, 9.17) is 0 Å². The van der Waals surface area contributed by atoms with E-state index in [2.05, 4.69) is 20.9 Å². The largest absolute Gasteiger partial charge is 0.361 e. The molecule has 0 radical (unpaired) electrons. The number of rotatable bonds is 6. The van der Waals surface area contributed by atoms with E-state index in [1.54, 1.807) is 0 Å². The average molecular weight is 316 g/mol. The summed E-state index contributed by atoms with van der Waals surface area (Å²) in [7, 11) is 0. The summed E-state index contributed by atoms with van der Waals surface area (Å²) in [6.07, 6.45) is 2.54. The second-order valence-corrected chi connectivity index (χ2v) is 5.10. The van der Waals surface area contributed by atoms with Crippen LogP contribution in [-0.4, -0.2) is 42.3 Å². The van der Waals surface area contributed by atoms with E-state index in [1.807, 2.05) is 30.5 Å². The first-order valence-electron chi connectivity index (χ1n) is 7.43. The van der Waals surface area contributed by atoms with Crippen molar-refractivity contribution < 1.29 is 14.4 Å². The first-order chi connectivity index (χ1) is 11.1. The Kier molecular flexibility index (Phi) is 5.74. The summed E-state index contributed by atoms with van der Waals surface area (Å²) in [6.45, 7) is 2.27. The third-order valence-corrected chi connectivity index (χ3v) is 3.35. The van der Waals surface area contributed by atoms with E-state index in [0.29, 0.717) is 19.5 Å². The van der Waals surface area contributed by atoms with Crippen LogP contribution >= 0.6 is 0 Å². The predicted octanol–water partition coefficient (Wildman–Crippen LogP) is 0.0789. The number of hydrogen-bond donors (Lipinski definition) is 4. The SMILES string of the molecule is CC(=O)NCCNC(=O)C(=O)NCCc1c[nH]c2ccccc12. The highest BCUT2D eigenvalue weighted by Crippen LogP contribution is 2.17.